The molecule has 4 fully saturated rings. The van der Waals surface area contributed by atoms with Crippen molar-refractivity contribution in [2.24, 2.45) is 40.9 Å². The Hall–Kier alpha value is -1.06. The van der Waals surface area contributed by atoms with Crippen LogP contribution in [0.5, 0.6) is 0 Å². The number of nitrogens with one attached hydrogen (secondary N) is 1. The molecule has 5 unspecified atom stereocenters. The molecule has 4 heteroatoms. The van der Waals surface area contributed by atoms with E-state index < -0.39 is 11.9 Å². The lowest BCUT2D eigenvalue weighted by Gasteiger charge is -2.32. The standard InChI is InChI=1S/C17H25NO3/c1-17(2)13(14(17)16(20)21)15(19)18-12-7-8-6-11(12)10-5-3-4-9(8)10/h8-14H,3-7H2,1-2H3,(H,18,19)(H,20,21)/t8?,9?,10?,11?,12?,13-,14+/m1/s1. The minimum absolute atomic E-state index is 0.0144. The highest BCUT2D eigenvalue weighted by molar-refractivity contribution is 5.91. The zero-order valence-corrected chi connectivity index (χ0v) is 12.8. The maximum atomic E-state index is 12.5. The molecule has 0 aromatic rings. The minimum atomic E-state index is -0.830. The van der Waals surface area contributed by atoms with Crippen LogP contribution in [-0.4, -0.2) is 23.0 Å². The van der Waals surface area contributed by atoms with Crippen LogP contribution >= 0.6 is 0 Å². The molecule has 2 N–H and O–H groups in total. The van der Waals surface area contributed by atoms with Crippen molar-refractivity contribution >= 4 is 11.9 Å². The molecule has 0 spiro atoms. The quantitative estimate of drug-likeness (QED) is 0.838. The van der Waals surface area contributed by atoms with Crippen LogP contribution in [0.25, 0.3) is 0 Å². The average Bonchev–Trinajstić information content (AvgIpc) is 2.85. The maximum absolute atomic E-state index is 12.5. The van der Waals surface area contributed by atoms with E-state index in [1.54, 1.807) is 0 Å². The summed E-state index contributed by atoms with van der Waals surface area (Å²) >= 11 is 0. The van der Waals surface area contributed by atoms with Crippen LogP contribution in [0.1, 0.15) is 46.0 Å². The number of hydrogen-bond acceptors (Lipinski definition) is 2. The van der Waals surface area contributed by atoms with E-state index in [1.165, 1.54) is 25.7 Å². The minimum Gasteiger partial charge on any atom is -0.481 e. The lowest BCUT2D eigenvalue weighted by atomic mass is 9.79. The van der Waals surface area contributed by atoms with E-state index in [0.29, 0.717) is 12.0 Å². The molecule has 4 aliphatic rings. The van der Waals surface area contributed by atoms with Crippen molar-refractivity contribution in [3.63, 3.8) is 0 Å². The van der Waals surface area contributed by atoms with Crippen LogP contribution in [-0.2, 0) is 9.59 Å². The van der Waals surface area contributed by atoms with Gasteiger partial charge in [-0.15, -0.1) is 0 Å². The van der Waals surface area contributed by atoms with E-state index in [9.17, 15) is 14.7 Å². The second kappa shape index (κ2) is 4.23. The van der Waals surface area contributed by atoms with Gasteiger partial charge in [0.2, 0.25) is 5.91 Å². The third kappa shape index (κ3) is 1.80. The molecule has 21 heavy (non-hydrogen) atoms. The predicted octanol–water partition coefficient (Wildman–Crippen LogP) is 2.28. The van der Waals surface area contributed by atoms with Crippen molar-refractivity contribution in [3.05, 3.63) is 0 Å². The monoisotopic (exact) mass is 291 g/mol. The molecule has 1 amide bonds. The van der Waals surface area contributed by atoms with Crippen LogP contribution < -0.4 is 5.32 Å². The van der Waals surface area contributed by atoms with Gasteiger partial charge < -0.3 is 10.4 Å². The number of aliphatic carboxylic acids is 1. The first-order valence-corrected chi connectivity index (χ1v) is 8.44. The topological polar surface area (TPSA) is 66.4 Å². The molecule has 4 rings (SSSR count). The predicted molar refractivity (Wildman–Crippen MR) is 77.4 cm³/mol. The molecular formula is C17H25NO3. The van der Waals surface area contributed by atoms with Gasteiger partial charge in [-0.25, -0.2) is 0 Å². The molecular weight excluding hydrogens is 266 g/mol. The number of carboxylic acids is 1. The number of carbonyl (C=O) groups is 2. The van der Waals surface area contributed by atoms with Crippen LogP contribution in [0.15, 0.2) is 0 Å². The first-order valence-electron chi connectivity index (χ1n) is 8.44. The van der Waals surface area contributed by atoms with Gasteiger partial charge in [0.15, 0.2) is 0 Å². The second-order valence-electron chi connectivity index (χ2n) is 8.38. The van der Waals surface area contributed by atoms with Gasteiger partial charge in [0.25, 0.3) is 0 Å². The van der Waals surface area contributed by atoms with Gasteiger partial charge in [-0.2, -0.15) is 0 Å². The third-order valence-electron chi connectivity index (χ3n) is 7.13. The van der Waals surface area contributed by atoms with Gasteiger partial charge in [-0.3, -0.25) is 9.59 Å². The van der Waals surface area contributed by atoms with Crippen molar-refractivity contribution in [2.45, 2.75) is 52.0 Å². The van der Waals surface area contributed by atoms with E-state index in [1.807, 2.05) is 13.8 Å². The number of hydrogen-bond donors (Lipinski definition) is 2. The normalized spacial score (nSPS) is 49.0. The zero-order chi connectivity index (χ0) is 14.9. The highest BCUT2D eigenvalue weighted by Crippen LogP contribution is 2.60. The van der Waals surface area contributed by atoms with Crippen molar-refractivity contribution in [3.8, 4) is 0 Å². The summed E-state index contributed by atoms with van der Waals surface area (Å²) in [5.41, 5.74) is -0.385. The van der Waals surface area contributed by atoms with Crippen molar-refractivity contribution in [2.75, 3.05) is 0 Å². The Balaban J connectivity index is 1.42. The molecule has 4 nitrogen and oxygen atoms in total. The summed E-state index contributed by atoms with van der Waals surface area (Å²) in [7, 11) is 0. The molecule has 2 bridgehead atoms. The zero-order valence-electron chi connectivity index (χ0n) is 12.8. The summed E-state index contributed by atoms with van der Waals surface area (Å²) < 4.78 is 0. The van der Waals surface area contributed by atoms with Crippen LogP contribution in [0, 0.1) is 40.9 Å². The van der Waals surface area contributed by atoms with Gasteiger partial charge in [-0.1, -0.05) is 20.3 Å². The maximum Gasteiger partial charge on any atom is 0.307 e. The Bertz CT molecular complexity index is 500. The average molecular weight is 291 g/mol. The second-order valence-corrected chi connectivity index (χ2v) is 8.38. The molecule has 0 radical (unpaired) electrons. The van der Waals surface area contributed by atoms with Crippen molar-refractivity contribution in [1.29, 1.82) is 0 Å². The molecule has 0 heterocycles. The number of carboxylic acid groups (broad SMARTS) is 1. The van der Waals surface area contributed by atoms with Gasteiger partial charge in [0.1, 0.15) is 0 Å². The van der Waals surface area contributed by atoms with Crippen molar-refractivity contribution < 1.29 is 14.7 Å². The summed E-state index contributed by atoms with van der Waals surface area (Å²) in [5.74, 6) is 1.54. The molecule has 116 valence electrons. The Morgan fingerprint density at radius 2 is 1.76 bits per heavy atom. The van der Waals surface area contributed by atoms with E-state index in [4.69, 9.17) is 0 Å². The number of carbonyl (C=O) groups excluding carboxylic acids is 1. The van der Waals surface area contributed by atoms with E-state index in [2.05, 4.69) is 5.32 Å². The Morgan fingerprint density at radius 3 is 2.43 bits per heavy atom. The molecule has 4 aliphatic carbocycles. The highest BCUT2D eigenvalue weighted by atomic mass is 16.4. The fourth-order valence-corrected chi connectivity index (χ4v) is 6.09. The van der Waals surface area contributed by atoms with Crippen LogP contribution in [0.3, 0.4) is 0 Å². The molecule has 0 aromatic heterocycles. The van der Waals surface area contributed by atoms with Crippen LogP contribution in [0.2, 0.25) is 0 Å². The number of fused-ring (bicyclic) bond motifs is 5. The largest absolute Gasteiger partial charge is 0.481 e. The summed E-state index contributed by atoms with van der Waals surface area (Å²) in [6.45, 7) is 3.79. The lowest BCUT2D eigenvalue weighted by Crippen LogP contribution is -2.43. The molecule has 0 aromatic carbocycles. The van der Waals surface area contributed by atoms with Crippen LogP contribution in [0.4, 0.5) is 0 Å². The molecule has 4 saturated carbocycles. The fourth-order valence-electron chi connectivity index (χ4n) is 6.09. The van der Waals surface area contributed by atoms with Gasteiger partial charge >= 0.3 is 5.97 Å². The summed E-state index contributed by atoms with van der Waals surface area (Å²) in [6.07, 6.45) is 6.51. The van der Waals surface area contributed by atoms with E-state index >= 15 is 0 Å². The number of amides is 1. The summed E-state index contributed by atoms with van der Waals surface area (Å²) in [5, 5.41) is 12.4. The number of rotatable bonds is 3. The molecule has 0 saturated heterocycles. The first kappa shape index (κ1) is 13.6. The molecule has 7 atom stereocenters. The Kier molecular flexibility index (Phi) is 2.74. The Labute approximate surface area is 125 Å². The van der Waals surface area contributed by atoms with Crippen molar-refractivity contribution in [1.82, 2.24) is 5.32 Å². The van der Waals surface area contributed by atoms with Gasteiger partial charge in [-0.05, 0) is 54.8 Å². The lowest BCUT2D eigenvalue weighted by molar-refractivity contribution is -0.140. The van der Waals surface area contributed by atoms with E-state index in [-0.39, 0.29) is 17.2 Å². The van der Waals surface area contributed by atoms with Gasteiger partial charge in [0, 0.05) is 6.04 Å². The van der Waals surface area contributed by atoms with E-state index in [0.717, 1.165) is 24.2 Å². The summed E-state index contributed by atoms with van der Waals surface area (Å²) in [6, 6.07) is 0.313. The highest BCUT2D eigenvalue weighted by Gasteiger charge is 2.66. The third-order valence-corrected chi connectivity index (χ3v) is 7.13. The Morgan fingerprint density at radius 1 is 1.05 bits per heavy atom. The first-order chi connectivity index (χ1) is 9.91. The van der Waals surface area contributed by atoms with Gasteiger partial charge in [0.05, 0.1) is 11.8 Å². The molecule has 0 aliphatic heterocycles. The fraction of sp³-hybridized carbons (Fsp3) is 0.882. The SMILES string of the molecule is CC1(C)[C@H](C(=O)O)[C@@H]1C(=O)NC1CC2CC1C1CCCC21. The summed E-state index contributed by atoms with van der Waals surface area (Å²) in [4.78, 5) is 23.7. The smallest absolute Gasteiger partial charge is 0.307 e.